The van der Waals surface area contributed by atoms with Gasteiger partial charge in [-0.15, -0.1) is 0 Å². The van der Waals surface area contributed by atoms with Crippen LogP contribution in [0.2, 0.25) is 0 Å². The van der Waals surface area contributed by atoms with Gasteiger partial charge in [-0.25, -0.2) is 15.0 Å². The fourth-order valence-corrected chi connectivity index (χ4v) is 7.83. The summed E-state index contributed by atoms with van der Waals surface area (Å²) in [6.07, 6.45) is 0. The molecule has 1 aliphatic carbocycles. The van der Waals surface area contributed by atoms with E-state index in [-0.39, 0.29) is 0 Å². The van der Waals surface area contributed by atoms with Crippen molar-refractivity contribution in [2.45, 2.75) is 0 Å². The summed E-state index contributed by atoms with van der Waals surface area (Å²) >= 11 is 0. The number of rotatable bonds is 4. The third kappa shape index (κ3) is 4.37. The van der Waals surface area contributed by atoms with Gasteiger partial charge in [0.25, 0.3) is 0 Å². The summed E-state index contributed by atoms with van der Waals surface area (Å²) in [5.41, 5.74) is 11.7. The number of fused-ring (bicyclic) bond motifs is 7. The van der Waals surface area contributed by atoms with Crippen molar-refractivity contribution in [3.05, 3.63) is 164 Å². The van der Waals surface area contributed by atoms with E-state index in [0.29, 0.717) is 17.5 Å². The van der Waals surface area contributed by atoms with Crippen molar-refractivity contribution in [1.82, 2.24) is 15.0 Å². The van der Waals surface area contributed by atoms with Crippen LogP contribution in [-0.4, -0.2) is 15.0 Å². The fourth-order valence-electron chi connectivity index (χ4n) is 7.83. The van der Waals surface area contributed by atoms with Gasteiger partial charge in [0.15, 0.2) is 17.5 Å². The van der Waals surface area contributed by atoms with Gasteiger partial charge in [-0.05, 0) is 85.3 Å². The van der Waals surface area contributed by atoms with Crippen molar-refractivity contribution in [1.29, 1.82) is 0 Å². The Balaban J connectivity index is 1.12. The molecular weight excluding hydrogens is 623 g/mol. The number of aromatic nitrogens is 3. The first kappa shape index (κ1) is 28.0. The number of hydrogen-bond donors (Lipinski definition) is 0. The monoisotopic (exact) mass is 649 g/mol. The Morgan fingerprint density at radius 2 is 0.922 bits per heavy atom. The van der Waals surface area contributed by atoms with E-state index in [9.17, 15) is 0 Å². The molecule has 8 aromatic carbocycles. The molecule has 51 heavy (non-hydrogen) atoms. The molecule has 10 aromatic rings. The second kappa shape index (κ2) is 10.8. The number of furan rings is 1. The molecule has 0 fully saturated rings. The predicted octanol–water partition coefficient (Wildman–Crippen LogP) is 12.4. The lowest BCUT2D eigenvalue weighted by Crippen LogP contribution is -2.00. The highest BCUT2D eigenvalue weighted by molar-refractivity contribution is 6.20. The molecule has 2 aromatic heterocycles. The van der Waals surface area contributed by atoms with Crippen LogP contribution in [0.3, 0.4) is 0 Å². The third-order valence-corrected chi connectivity index (χ3v) is 10.2. The third-order valence-electron chi connectivity index (χ3n) is 10.2. The largest absolute Gasteiger partial charge is 0.456 e. The van der Waals surface area contributed by atoms with E-state index in [1.165, 1.54) is 44.2 Å². The summed E-state index contributed by atoms with van der Waals surface area (Å²) in [5, 5.41) is 6.89. The van der Waals surface area contributed by atoms with Crippen LogP contribution in [0.25, 0.3) is 111 Å². The van der Waals surface area contributed by atoms with Gasteiger partial charge in [0.2, 0.25) is 0 Å². The molecule has 2 heterocycles. The number of hydrogen-bond acceptors (Lipinski definition) is 4. The molecule has 0 aliphatic heterocycles. The lowest BCUT2D eigenvalue weighted by molar-refractivity contribution is 0.669. The zero-order valence-electron chi connectivity index (χ0n) is 27.3. The average molecular weight is 650 g/mol. The van der Waals surface area contributed by atoms with Crippen molar-refractivity contribution in [3.8, 4) is 67.5 Å². The van der Waals surface area contributed by atoms with Gasteiger partial charge in [0, 0.05) is 27.5 Å². The Labute approximate surface area is 293 Å². The first-order chi connectivity index (χ1) is 25.2. The molecule has 236 valence electrons. The quantitative estimate of drug-likeness (QED) is 0.190. The van der Waals surface area contributed by atoms with Crippen molar-refractivity contribution < 1.29 is 4.42 Å². The van der Waals surface area contributed by atoms with Gasteiger partial charge in [-0.1, -0.05) is 133 Å². The van der Waals surface area contributed by atoms with Gasteiger partial charge >= 0.3 is 0 Å². The maximum Gasteiger partial charge on any atom is 0.164 e. The number of benzene rings is 8. The zero-order valence-corrected chi connectivity index (χ0v) is 27.3. The summed E-state index contributed by atoms with van der Waals surface area (Å²) in [4.78, 5) is 15.4. The minimum absolute atomic E-state index is 0.608. The molecule has 4 nitrogen and oxygen atoms in total. The second-order valence-electron chi connectivity index (χ2n) is 13.2. The van der Waals surface area contributed by atoms with E-state index >= 15 is 0 Å². The van der Waals surface area contributed by atoms with Crippen LogP contribution in [0, 0.1) is 0 Å². The van der Waals surface area contributed by atoms with Gasteiger partial charge < -0.3 is 4.42 Å². The maximum atomic E-state index is 6.59. The van der Waals surface area contributed by atoms with Gasteiger partial charge in [0.1, 0.15) is 11.2 Å². The number of nitrogens with zero attached hydrogens (tertiary/aromatic N) is 3. The molecule has 0 bridgehead atoms. The molecule has 4 heteroatoms. The van der Waals surface area contributed by atoms with Crippen LogP contribution >= 0.6 is 0 Å². The van der Waals surface area contributed by atoms with E-state index in [4.69, 9.17) is 19.4 Å². The Morgan fingerprint density at radius 3 is 1.69 bits per heavy atom. The molecule has 0 unspecified atom stereocenters. The maximum absolute atomic E-state index is 6.59. The fraction of sp³-hybridized carbons (Fsp3) is 0. The lowest BCUT2D eigenvalue weighted by atomic mass is 9.99. The van der Waals surface area contributed by atoms with Gasteiger partial charge in [0.05, 0.1) is 0 Å². The molecule has 1 aliphatic rings. The SMILES string of the molecule is c1ccc(-c2ccc3ccc(-c4nc(-c5ccccc5)nc(-c5cccc6oc7cc8c(cc7c56)-c5cccc6cccc-8c56)n4)cc3c2)cc1. The van der Waals surface area contributed by atoms with Crippen molar-refractivity contribution in [3.63, 3.8) is 0 Å². The smallest absolute Gasteiger partial charge is 0.164 e. The Kier molecular flexibility index (Phi) is 5.92. The molecule has 11 rings (SSSR count). The lowest BCUT2D eigenvalue weighted by Gasteiger charge is -2.10. The summed E-state index contributed by atoms with van der Waals surface area (Å²) < 4.78 is 6.59. The first-order valence-electron chi connectivity index (χ1n) is 17.2. The summed E-state index contributed by atoms with van der Waals surface area (Å²) in [7, 11) is 0. The van der Waals surface area contributed by atoms with E-state index in [1.54, 1.807) is 0 Å². The summed E-state index contributed by atoms with van der Waals surface area (Å²) in [6, 6.07) is 57.4. The molecular formula is C47H27N3O. The Morgan fingerprint density at radius 1 is 0.314 bits per heavy atom. The first-order valence-corrected chi connectivity index (χ1v) is 17.2. The predicted molar refractivity (Wildman–Crippen MR) is 208 cm³/mol. The van der Waals surface area contributed by atoms with Crippen molar-refractivity contribution in [2.75, 3.05) is 0 Å². The molecule has 0 spiro atoms. The molecule has 0 N–H and O–H groups in total. The molecule has 0 amide bonds. The van der Waals surface area contributed by atoms with Crippen molar-refractivity contribution in [2.24, 2.45) is 0 Å². The molecule has 0 saturated heterocycles. The van der Waals surface area contributed by atoms with Crippen molar-refractivity contribution >= 4 is 43.5 Å². The molecule has 0 radical (unpaired) electrons. The minimum Gasteiger partial charge on any atom is -0.456 e. The second-order valence-corrected chi connectivity index (χ2v) is 13.2. The Bertz CT molecular complexity index is 3010. The Hall–Kier alpha value is -6.91. The van der Waals surface area contributed by atoms with E-state index in [0.717, 1.165) is 49.4 Å². The summed E-state index contributed by atoms with van der Waals surface area (Å²) in [5.74, 6) is 1.86. The highest BCUT2D eigenvalue weighted by atomic mass is 16.3. The van der Waals surface area contributed by atoms with E-state index in [2.05, 4.69) is 115 Å². The standard InChI is InChI=1S/C47H27N3O/c1-3-10-28(11-4-1)32-22-20-29-21-23-33(25-34(29)24-32)46-48-45(31-12-5-2-6-13-31)49-47(50-46)37-18-9-19-41-44(37)40-26-38-35-16-7-14-30-15-8-17-36(43(30)35)39(38)27-42(40)51-41/h1-27H. The average Bonchev–Trinajstić information content (AvgIpc) is 3.73. The van der Waals surface area contributed by atoms with Crippen LogP contribution < -0.4 is 0 Å². The van der Waals surface area contributed by atoms with Crippen LogP contribution in [0.4, 0.5) is 0 Å². The normalized spacial score (nSPS) is 11.9. The summed E-state index contributed by atoms with van der Waals surface area (Å²) in [6.45, 7) is 0. The van der Waals surface area contributed by atoms with Gasteiger partial charge in [-0.2, -0.15) is 0 Å². The van der Waals surface area contributed by atoms with Gasteiger partial charge in [-0.3, -0.25) is 0 Å². The molecule has 0 saturated carbocycles. The highest BCUT2D eigenvalue weighted by Crippen LogP contribution is 2.50. The van der Waals surface area contributed by atoms with Crippen LogP contribution in [0.1, 0.15) is 0 Å². The minimum atomic E-state index is 0.608. The van der Waals surface area contributed by atoms with Crippen LogP contribution in [-0.2, 0) is 0 Å². The highest BCUT2D eigenvalue weighted by Gasteiger charge is 2.25. The van der Waals surface area contributed by atoms with E-state index in [1.807, 2.05) is 48.5 Å². The van der Waals surface area contributed by atoms with E-state index < -0.39 is 0 Å². The van der Waals surface area contributed by atoms with Crippen LogP contribution in [0.5, 0.6) is 0 Å². The zero-order chi connectivity index (χ0) is 33.5. The molecule has 0 atom stereocenters. The van der Waals surface area contributed by atoms with Crippen LogP contribution in [0.15, 0.2) is 168 Å². The topological polar surface area (TPSA) is 51.8 Å².